The minimum Gasteiger partial charge on any atom is -0.481 e. The summed E-state index contributed by atoms with van der Waals surface area (Å²) in [7, 11) is 0. The van der Waals surface area contributed by atoms with Crippen LogP contribution in [0.4, 0.5) is 0 Å². The van der Waals surface area contributed by atoms with Gasteiger partial charge in [0.1, 0.15) is 36.3 Å². The second kappa shape index (κ2) is 24.2. The molecule has 1 saturated heterocycles. The van der Waals surface area contributed by atoms with Crippen LogP contribution in [-0.4, -0.2) is 141 Å². The van der Waals surface area contributed by atoms with Gasteiger partial charge in [0.2, 0.25) is 47.3 Å². The molecule has 16 N–H and O–H groups in total. The Morgan fingerprint density at radius 1 is 0.696 bits per heavy atom. The third-order valence-corrected chi connectivity index (χ3v) is 8.80. The van der Waals surface area contributed by atoms with Crippen LogP contribution >= 0.6 is 0 Å². The Bertz CT molecular complexity index is 1450. The van der Waals surface area contributed by atoms with Gasteiger partial charge in [-0.2, -0.15) is 0 Å². The molecule has 0 spiro atoms. The molecule has 1 aliphatic heterocycles. The van der Waals surface area contributed by atoms with Crippen LogP contribution in [0.3, 0.4) is 0 Å². The number of nitrogens with two attached hydrogens (primary N) is 4. The molecule has 0 aromatic rings. The number of amides is 8. The van der Waals surface area contributed by atoms with Crippen molar-refractivity contribution in [3.63, 3.8) is 0 Å². The summed E-state index contributed by atoms with van der Waals surface area (Å²) < 4.78 is 0. The number of nitrogens with one attached hydrogen (secondary N) is 5. The molecule has 23 nitrogen and oxygen atoms in total. The van der Waals surface area contributed by atoms with Crippen LogP contribution in [0.25, 0.3) is 0 Å². The molecule has 1 aliphatic rings. The van der Waals surface area contributed by atoms with Crippen molar-refractivity contribution < 1.29 is 63.3 Å². The number of carbonyl (C=O) groups excluding carboxylic acids is 8. The summed E-state index contributed by atoms with van der Waals surface area (Å²) >= 11 is 0. The van der Waals surface area contributed by atoms with E-state index in [0.29, 0.717) is 12.8 Å². The summed E-state index contributed by atoms with van der Waals surface area (Å²) in [5, 5.41) is 40.6. The van der Waals surface area contributed by atoms with Gasteiger partial charge in [-0.15, -0.1) is 0 Å². The Labute approximate surface area is 322 Å². The Morgan fingerprint density at radius 3 is 1.70 bits per heavy atom. The zero-order valence-electron chi connectivity index (χ0n) is 31.5. The van der Waals surface area contributed by atoms with Gasteiger partial charge in [-0.05, 0) is 57.4 Å². The molecule has 8 amide bonds. The van der Waals surface area contributed by atoms with E-state index in [0.717, 1.165) is 4.90 Å². The summed E-state index contributed by atoms with van der Waals surface area (Å²) in [5.74, 6) is -10.7. The SMILES string of the molecule is CC(C)[C@H](NC(=O)[C@H](CCCCN)NC(=O)[C@H](CCC(=O)O)NC(=O)[C@H](CCC(N)=O)NC(=O)[C@@H](N)CC(N)=O)C(=O)N[C@@H](CO)C(=O)N1CCC[C@H]1C(=O)O. The first-order valence-corrected chi connectivity index (χ1v) is 18.1. The number of primary amides is 2. The predicted molar refractivity (Wildman–Crippen MR) is 194 cm³/mol. The molecular formula is C33H56N10O13. The average Bonchev–Trinajstić information content (AvgIpc) is 3.62. The fraction of sp³-hybridized carbons (Fsp3) is 0.697. The number of aliphatic hydroxyl groups excluding tert-OH is 1. The van der Waals surface area contributed by atoms with Crippen molar-refractivity contribution in [2.75, 3.05) is 19.7 Å². The second-order valence-electron chi connectivity index (χ2n) is 13.7. The first-order chi connectivity index (χ1) is 26.2. The largest absolute Gasteiger partial charge is 0.481 e. The second-order valence-corrected chi connectivity index (χ2v) is 13.7. The highest BCUT2D eigenvalue weighted by Gasteiger charge is 2.39. The Hall–Kier alpha value is -5.42. The summed E-state index contributed by atoms with van der Waals surface area (Å²) in [5.41, 5.74) is 21.5. The minimum atomic E-state index is -1.63. The number of carboxylic acid groups (broad SMARTS) is 2. The summed E-state index contributed by atoms with van der Waals surface area (Å²) in [6, 6.07) is -10.0. The predicted octanol–water partition coefficient (Wildman–Crippen LogP) is -5.40. The molecule has 0 aromatic carbocycles. The number of hydrogen-bond acceptors (Lipinski definition) is 13. The first kappa shape index (κ1) is 48.6. The van der Waals surface area contributed by atoms with Crippen molar-refractivity contribution in [1.82, 2.24) is 31.5 Å². The van der Waals surface area contributed by atoms with E-state index in [-0.39, 0.29) is 38.8 Å². The van der Waals surface area contributed by atoms with Crippen molar-refractivity contribution in [3.8, 4) is 0 Å². The Morgan fingerprint density at radius 2 is 1.21 bits per heavy atom. The highest BCUT2D eigenvalue weighted by molar-refractivity contribution is 5.97. The van der Waals surface area contributed by atoms with Crippen molar-refractivity contribution >= 4 is 59.2 Å². The number of aliphatic hydroxyl groups is 1. The van der Waals surface area contributed by atoms with E-state index < -0.39 is 140 Å². The molecule has 0 saturated carbocycles. The highest BCUT2D eigenvalue weighted by Crippen LogP contribution is 2.19. The molecule has 0 radical (unpaired) electrons. The van der Waals surface area contributed by atoms with Gasteiger partial charge in [0.25, 0.3) is 0 Å². The lowest BCUT2D eigenvalue weighted by molar-refractivity contribution is -0.150. The van der Waals surface area contributed by atoms with Crippen LogP contribution < -0.4 is 49.5 Å². The molecule has 1 heterocycles. The molecule has 0 aliphatic carbocycles. The smallest absolute Gasteiger partial charge is 0.326 e. The van der Waals surface area contributed by atoms with Gasteiger partial charge in [-0.25, -0.2) is 4.79 Å². The van der Waals surface area contributed by atoms with E-state index in [1.54, 1.807) is 13.8 Å². The van der Waals surface area contributed by atoms with Gasteiger partial charge >= 0.3 is 11.9 Å². The molecule has 1 rings (SSSR count). The molecule has 316 valence electrons. The summed E-state index contributed by atoms with van der Waals surface area (Å²) in [4.78, 5) is 127. The first-order valence-electron chi connectivity index (χ1n) is 18.1. The third-order valence-electron chi connectivity index (χ3n) is 8.80. The number of carbonyl (C=O) groups is 10. The molecule has 7 atom stereocenters. The Balaban J connectivity index is 3.29. The number of hydrogen-bond donors (Lipinski definition) is 12. The van der Waals surface area contributed by atoms with Crippen LogP contribution in [0.5, 0.6) is 0 Å². The lowest BCUT2D eigenvalue weighted by atomic mass is 10.0. The average molecular weight is 801 g/mol. The van der Waals surface area contributed by atoms with Gasteiger partial charge in [0.15, 0.2) is 0 Å². The zero-order valence-corrected chi connectivity index (χ0v) is 31.5. The van der Waals surface area contributed by atoms with Crippen molar-refractivity contribution in [2.45, 2.75) is 120 Å². The van der Waals surface area contributed by atoms with Crippen molar-refractivity contribution in [1.29, 1.82) is 0 Å². The molecule has 23 heteroatoms. The zero-order chi connectivity index (χ0) is 42.7. The molecule has 1 fully saturated rings. The van der Waals surface area contributed by atoms with E-state index >= 15 is 0 Å². The van der Waals surface area contributed by atoms with Crippen LogP contribution in [0.1, 0.15) is 78.1 Å². The van der Waals surface area contributed by atoms with Crippen LogP contribution in [-0.2, 0) is 47.9 Å². The van der Waals surface area contributed by atoms with E-state index in [4.69, 9.17) is 22.9 Å². The number of carboxylic acids is 2. The molecule has 0 aromatic heterocycles. The minimum absolute atomic E-state index is 0.0425. The van der Waals surface area contributed by atoms with Gasteiger partial charge in [-0.3, -0.25) is 43.2 Å². The lowest BCUT2D eigenvalue weighted by Crippen LogP contribution is -2.61. The standard InChI is InChI=1S/C33H56N10O13/c1-16(2)26(31(53)41-21(15-44)32(54)43-13-5-7-22(43)33(55)56)42-30(52)18(6-3-4-12-34)39-29(51)20(9-11-25(47)48)40-28(50)19(8-10-23(36)45)38-27(49)17(35)14-24(37)46/h16-22,26,44H,3-15,34-35H2,1-2H3,(H2,36,45)(H2,37,46)(H,38,49)(H,39,51)(H,40,50)(H,41,53)(H,42,52)(H,47,48)(H,55,56)/t17-,18-,19-,20-,21-,22-,26-/m0/s1. The number of rotatable bonds is 26. The summed E-state index contributed by atoms with van der Waals surface area (Å²) in [6.45, 7) is 2.57. The maximum Gasteiger partial charge on any atom is 0.326 e. The topological polar surface area (TPSA) is 399 Å². The molecular weight excluding hydrogens is 744 g/mol. The number of aliphatic carboxylic acids is 2. The van der Waals surface area contributed by atoms with Gasteiger partial charge in [0.05, 0.1) is 19.1 Å². The number of unbranched alkanes of at least 4 members (excludes halogenated alkanes) is 1. The highest BCUT2D eigenvalue weighted by atomic mass is 16.4. The van der Waals surface area contributed by atoms with Gasteiger partial charge in [0, 0.05) is 19.4 Å². The van der Waals surface area contributed by atoms with Gasteiger partial charge in [-0.1, -0.05) is 13.8 Å². The van der Waals surface area contributed by atoms with Crippen LogP contribution in [0.15, 0.2) is 0 Å². The van der Waals surface area contributed by atoms with E-state index in [9.17, 15) is 63.3 Å². The maximum absolute atomic E-state index is 13.7. The normalized spacial score (nSPS) is 17.0. The van der Waals surface area contributed by atoms with E-state index in [1.165, 1.54) is 0 Å². The van der Waals surface area contributed by atoms with E-state index in [1.807, 2.05) is 0 Å². The quantitative estimate of drug-likeness (QED) is 0.0363. The maximum atomic E-state index is 13.7. The Kier molecular flexibility index (Phi) is 21.0. The summed E-state index contributed by atoms with van der Waals surface area (Å²) in [6.07, 6.45) is -1.30. The number of nitrogens with zero attached hydrogens (tertiary/aromatic N) is 1. The molecule has 56 heavy (non-hydrogen) atoms. The van der Waals surface area contributed by atoms with Crippen molar-refractivity contribution in [2.24, 2.45) is 28.9 Å². The van der Waals surface area contributed by atoms with Crippen molar-refractivity contribution in [3.05, 3.63) is 0 Å². The molecule has 0 bridgehead atoms. The van der Waals surface area contributed by atoms with Crippen LogP contribution in [0.2, 0.25) is 0 Å². The van der Waals surface area contributed by atoms with Gasteiger partial charge < -0.3 is 69.7 Å². The fourth-order valence-electron chi connectivity index (χ4n) is 5.71. The molecule has 0 unspecified atom stereocenters. The fourth-order valence-corrected chi connectivity index (χ4v) is 5.71. The monoisotopic (exact) mass is 800 g/mol. The lowest BCUT2D eigenvalue weighted by Gasteiger charge is -2.30. The third kappa shape index (κ3) is 16.5. The number of likely N-dealkylation sites (tertiary alicyclic amines) is 1. The van der Waals surface area contributed by atoms with E-state index in [2.05, 4.69) is 26.6 Å². The van der Waals surface area contributed by atoms with Crippen LogP contribution in [0, 0.1) is 5.92 Å².